The van der Waals surface area contributed by atoms with Gasteiger partial charge in [-0.15, -0.1) is 0 Å². The minimum Gasteiger partial charge on any atom is -0.450 e. The highest BCUT2D eigenvalue weighted by molar-refractivity contribution is 5.95. The van der Waals surface area contributed by atoms with Gasteiger partial charge in [0.25, 0.3) is 0 Å². The van der Waals surface area contributed by atoms with E-state index in [9.17, 15) is 9.59 Å². The fourth-order valence-corrected chi connectivity index (χ4v) is 5.14. The average molecular weight is 386 g/mol. The Hall–Kier alpha value is -2.08. The molecule has 0 unspecified atom stereocenters. The van der Waals surface area contributed by atoms with E-state index in [0.717, 1.165) is 64.1 Å². The van der Waals surface area contributed by atoms with Crippen molar-refractivity contribution in [3.63, 3.8) is 0 Å². The van der Waals surface area contributed by atoms with E-state index < -0.39 is 0 Å². The van der Waals surface area contributed by atoms with Crippen LogP contribution in [0.25, 0.3) is 0 Å². The number of fused-ring (bicyclic) bond motifs is 2. The predicted octanol–water partition coefficient (Wildman–Crippen LogP) is 3.23. The number of piperidine rings is 2. The first kappa shape index (κ1) is 19.2. The zero-order valence-corrected chi connectivity index (χ0v) is 16.8. The molecule has 1 aromatic rings. The highest BCUT2D eigenvalue weighted by atomic mass is 16.6. The van der Waals surface area contributed by atoms with Crippen LogP contribution in [-0.2, 0) is 14.9 Å². The first-order valence-electron chi connectivity index (χ1n) is 10.6. The fraction of sp³-hybridized carbons (Fsp3) is 0.636. The van der Waals surface area contributed by atoms with Gasteiger partial charge in [-0.05, 0) is 63.2 Å². The molecule has 3 heterocycles. The molecule has 28 heavy (non-hydrogen) atoms. The van der Waals surface area contributed by atoms with Crippen LogP contribution in [0, 0.1) is 5.92 Å². The summed E-state index contributed by atoms with van der Waals surface area (Å²) in [4.78, 5) is 28.5. The van der Waals surface area contributed by atoms with Crippen molar-refractivity contribution in [2.24, 2.45) is 5.92 Å². The van der Waals surface area contributed by atoms with Crippen molar-refractivity contribution in [1.29, 1.82) is 0 Å². The maximum Gasteiger partial charge on any atom is 0.409 e. The van der Waals surface area contributed by atoms with Gasteiger partial charge in [-0.3, -0.25) is 4.79 Å². The van der Waals surface area contributed by atoms with Crippen molar-refractivity contribution in [3.8, 4) is 0 Å². The Labute approximate surface area is 167 Å². The van der Waals surface area contributed by atoms with Crippen LogP contribution in [0.4, 0.5) is 10.5 Å². The van der Waals surface area contributed by atoms with Crippen molar-refractivity contribution in [3.05, 3.63) is 29.8 Å². The second-order valence-corrected chi connectivity index (χ2v) is 8.48. The lowest BCUT2D eigenvalue weighted by atomic mass is 9.68. The van der Waals surface area contributed by atoms with Gasteiger partial charge in [0.2, 0.25) is 5.91 Å². The molecule has 2 fully saturated rings. The number of hydrogen-bond acceptors (Lipinski definition) is 4. The standard InChI is InChI=1S/C22H31N3O3/c1-2-28-21(27)25-11-7-17(8-12-25)16-24-13-9-22(10-14-24)15-20(26)23-19-6-4-3-5-18(19)22/h3-6,17H,2,7-16H2,1H3,(H,23,26). The van der Waals surface area contributed by atoms with Gasteiger partial charge in [-0.25, -0.2) is 4.79 Å². The lowest BCUT2D eigenvalue weighted by molar-refractivity contribution is -0.118. The molecule has 1 spiro atoms. The van der Waals surface area contributed by atoms with Crippen LogP contribution >= 0.6 is 0 Å². The number of ether oxygens (including phenoxy) is 1. The molecule has 0 atom stereocenters. The number of nitrogens with zero attached hydrogens (tertiary/aromatic N) is 2. The molecule has 6 heteroatoms. The third-order valence-electron chi connectivity index (χ3n) is 6.74. The third kappa shape index (κ3) is 3.88. The molecule has 0 aliphatic carbocycles. The van der Waals surface area contributed by atoms with Crippen molar-refractivity contribution >= 4 is 17.7 Å². The van der Waals surface area contributed by atoms with Crippen molar-refractivity contribution in [1.82, 2.24) is 9.80 Å². The number of rotatable bonds is 3. The van der Waals surface area contributed by atoms with Gasteiger partial charge >= 0.3 is 6.09 Å². The molecule has 2 amide bonds. The number of anilines is 1. The number of amides is 2. The first-order valence-corrected chi connectivity index (χ1v) is 10.6. The zero-order valence-electron chi connectivity index (χ0n) is 16.8. The van der Waals surface area contributed by atoms with E-state index in [1.54, 1.807) is 0 Å². The van der Waals surface area contributed by atoms with Crippen LogP contribution in [-0.4, -0.2) is 61.1 Å². The Bertz CT molecular complexity index is 719. The summed E-state index contributed by atoms with van der Waals surface area (Å²) in [5.41, 5.74) is 2.32. The second kappa shape index (κ2) is 8.11. The maximum absolute atomic E-state index is 12.3. The lowest BCUT2D eigenvalue weighted by Crippen LogP contribution is -2.48. The molecule has 152 valence electrons. The summed E-state index contributed by atoms with van der Waals surface area (Å²) in [6.07, 6.45) is 4.61. The predicted molar refractivity (Wildman–Crippen MR) is 108 cm³/mol. The Kier molecular flexibility index (Phi) is 5.58. The summed E-state index contributed by atoms with van der Waals surface area (Å²) in [6, 6.07) is 8.30. The Morgan fingerprint density at radius 2 is 1.89 bits per heavy atom. The van der Waals surface area contributed by atoms with Crippen LogP contribution in [0.2, 0.25) is 0 Å². The number of likely N-dealkylation sites (tertiary alicyclic amines) is 2. The molecule has 0 saturated carbocycles. The fourth-order valence-electron chi connectivity index (χ4n) is 5.14. The van der Waals surface area contributed by atoms with Gasteiger partial charge in [0.15, 0.2) is 0 Å². The Morgan fingerprint density at radius 3 is 2.61 bits per heavy atom. The minimum absolute atomic E-state index is 0.00268. The van der Waals surface area contributed by atoms with Crippen LogP contribution in [0.15, 0.2) is 24.3 Å². The minimum atomic E-state index is -0.171. The molecule has 0 bridgehead atoms. The second-order valence-electron chi connectivity index (χ2n) is 8.48. The van der Waals surface area contributed by atoms with E-state index in [2.05, 4.69) is 22.3 Å². The number of benzene rings is 1. The molecule has 1 N–H and O–H groups in total. The highest BCUT2D eigenvalue weighted by Gasteiger charge is 2.42. The molecule has 4 rings (SSSR count). The van der Waals surface area contributed by atoms with E-state index in [4.69, 9.17) is 4.74 Å². The molecular weight excluding hydrogens is 354 g/mol. The molecular formula is C22H31N3O3. The SMILES string of the molecule is CCOC(=O)N1CCC(CN2CCC3(CC2)CC(=O)Nc2ccccc23)CC1. The normalized spacial score (nSPS) is 22.6. The van der Waals surface area contributed by atoms with Crippen molar-refractivity contribution in [2.45, 2.75) is 44.4 Å². The molecule has 2 saturated heterocycles. The van der Waals surface area contributed by atoms with Crippen LogP contribution in [0.5, 0.6) is 0 Å². The third-order valence-corrected chi connectivity index (χ3v) is 6.74. The van der Waals surface area contributed by atoms with Crippen molar-refractivity contribution < 1.29 is 14.3 Å². The summed E-state index contributed by atoms with van der Waals surface area (Å²) in [6.45, 7) is 7.07. The monoisotopic (exact) mass is 385 g/mol. The van der Waals surface area contributed by atoms with Crippen LogP contribution in [0.1, 0.15) is 44.6 Å². The van der Waals surface area contributed by atoms with Gasteiger partial charge in [0.05, 0.1) is 6.61 Å². The van der Waals surface area contributed by atoms with E-state index >= 15 is 0 Å². The van der Waals surface area contributed by atoms with E-state index in [1.807, 2.05) is 24.0 Å². The zero-order chi connectivity index (χ0) is 19.6. The Morgan fingerprint density at radius 1 is 1.18 bits per heavy atom. The van der Waals surface area contributed by atoms with Gasteiger partial charge < -0.3 is 19.9 Å². The van der Waals surface area contributed by atoms with Crippen LogP contribution < -0.4 is 5.32 Å². The molecule has 3 aliphatic rings. The largest absolute Gasteiger partial charge is 0.450 e. The number of hydrogen-bond donors (Lipinski definition) is 1. The Balaban J connectivity index is 1.31. The summed E-state index contributed by atoms with van der Waals surface area (Å²) in [5.74, 6) is 0.792. The summed E-state index contributed by atoms with van der Waals surface area (Å²) in [7, 11) is 0. The van der Waals surface area contributed by atoms with Gasteiger partial charge in [-0.2, -0.15) is 0 Å². The van der Waals surface area contributed by atoms with Crippen LogP contribution in [0.3, 0.4) is 0 Å². The summed E-state index contributed by atoms with van der Waals surface area (Å²) in [5, 5.41) is 3.04. The van der Waals surface area contributed by atoms with E-state index in [1.165, 1.54) is 5.56 Å². The summed E-state index contributed by atoms with van der Waals surface area (Å²) < 4.78 is 5.11. The highest BCUT2D eigenvalue weighted by Crippen LogP contribution is 2.45. The number of carbonyl (C=O) groups excluding carboxylic acids is 2. The molecule has 1 aromatic carbocycles. The van der Waals surface area contributed by atoms with E-state index in [-0.39, 0.29) is 17.4 Å². The number of nitrogens with one attached hydrogen (secondary N) is 1. The van der Waals surface area contributed by atoms with Gasteiger partial charge in [0, 0.05) is 37.2 Å². The van der Waals surface area contributed by atoms with E-state index in [0.29, 0.717) is 18.9 Å². The van der Waals surface area contributed by atoms with Crippen molar-refractivity contribution in [2.75, 3.05) is 44.6 Å². The lowest BCUT2D eigenvalue weighted by Gasteiger charge is -2.46. The first-order chi connectivity index (χ1) is 13.6. The number of para-hydroxylation sites is 1. The molecule has 0 radical (unpaired) electrons. The number of carbonyl (C=O) groups is 2. The maximum atomic E-state index is 12.3. The quantitative estimate of drug-likeness (QED) is 0.868. The summed E-state index contributed by atoms with van der Waals surface area (Å²) >= 11 is 0. The van der Waals surface area contributed by atoms with Gasteiger partial charge in [-0.1, -0.05) is 18.2 Å². The molecule has 3 aliphatic heterocycles. The molecule has 0 aromatic heterocycles. The average Bonchev–Trinajstić information content (AvgIpc) is 2.70. The molecule has 6 nitrogen and oxygen atoms in total. The van der Waals surface area contributed by atoms with Gasteiger partial charge in [0.1, 0.15) is 0 Å². The smallest absolute Gasteiger partial charge is 0.409 e. The topological polar surface area (TPSA) is 61.9 Å².